The van der Waals surface area contributed by atoms with Gasteiger partial charge in [0.25, 0.3) is 0 Å². The molecule has 7 nitrogen and oxygen atoms in total. The van der Waals surface area contributed by atoms with Gasteiger partial charge in [-0.3, -0.25) is 4.98 Å². The number of rotatable bonds is 5. The van der Waals surface area contributed by atoms with Gasteiger partial charge in [0.15, 0.2) is 11.0 Å². The zero-order valence-electron chi connectivity index (χ0n) is 16.6. The molecule has 0 spiro atoms. The van der Waals surface area contributed by atoms with Crippen LogP contribution in [-0.4, -0.2) is 27.0 Å². The number of nitrogens with zero attached hydrogens (tertiary/aromatic N) is 4. The number of fused-ring (bicyclic) bond motifs is 1. The maximum atomic E-state index is 5.79. The van der Waals surface area contributed by atoms with Gasteiger partial charge in [-0.1, -0.05) is 12.1 Å². The van der Waals surface area contributed by atoms with Crippen molar-refractivity contribution in [2.24, 2.45) is 0 Å². The van der Waals surface area contributed by atoms with E-state index in [1.54, 1.807) is 19.5 Å². The van der Waals surface area contributed by atoms with E-state index in [4.69, 9.17) is 25.4 Å². The highest BCUT2D eigenvalue weighted by atomic mass is 32.1. The van der Waals surface area contributed by atoms with E-state index in [2.05, 4.69) is 10.3 Å². The molecular weight excluding hydrogens is 408 g/mol. The minimum atomic E-state index is 0.587. The standard InChI is InChI=1S/C23H18N6OS/c1-30-17-8-9-19-18(11-17)22(28-21(26-19)15-3-2-10-25-12-15)29-23-27-20(13-31-23)14-4-6-16(24)7-5-14/h2-13H,24H2,1H3,(H,26,27,28,29). The molecule has 0 saturated carbocycles. The van der Waals surface area contributed by atoms with Gasteiger partial charge in [-0.25, -0.2) is 15.0 Å². The van der Waals surface area contributed by atoms with Gasteiger partial charge >= 0.3 is 0 Å². The Balaban J connectivity index is 1.57. The highest BCUT2D eigenvalue weighted by Crippen LogP contribution is 2.32. The molecule has 152 valence electrons. The lowest BCUT2D eigenvalue weighted by Gasteiger charge is -2.10. The van der Waals surface area contributed by atoms with Crippen molar-refractivity contribution in [3.05, 3.63) is 72.4 Å². The Hall–Kier alpha value is -4.04. The molecule has 8 heteroatoms. The summed E-state index contributed by atoms with van der Waals surface area (Å²) in [5.74, 6) is 1.97. The normalized spacial score (nSPS) is 10.9. The molecule has 0 amide bonds. The smallest absolute Gasteiger partial charge is 0.188 e. The van der Waals surface area contributed by atoms with Crippen LogP contribution in [0.1, 0.15) is 0 Å². The van der Waals surface area contributed by atoms with Gasteiger partial charge in [-0.15, -0.1) is 11.3 Å². The minimum Gasteiger partial charge on any atom is -0.497 e. The number of methoxy groups -OCH3 is 1. The van der Waals surface area contributed by atoms with Crippen LogP contribution in [0, 0.1) is 0 Å². The maximum absolute atomic E-state index is 5.79. The molecular formula is C23H18N6OS. The maximum Gasteiger partial charge on any atom is 0.188 e. The summed E-state index contributed by atoms with van der Waals surface area (Å²) in [5, 5.41) is 6.94. The lowest BCUT2D eigenvalue weighted by Crippen LogP contribution is -2.00. The number of nitrogen functional groups attached to an aromatic ring is 1. The van der Waals surface area contributed by atoms with Gasteiger partial charge in [-0.05, 0) is 42.5 Å². The quantitative estimate of drug-likeness (QED) is 0.375. The van der Waals surface area contributed by atoms with Crippen LogP contribution in [0.15, 0.2) is 72.4 Å². The van der Waals surface area contributed by atoms with Crippen molar-refractivity contribution < 1.29 is 4.74 Å². The summed E-state index contributed by atoms with van der Waals surface area (Å²) in [6.07, 6.45) is 3.47. The van der Waals surface area contributed by atoms with Crippen LogP contribution in [-0.2, 0) is 0 Å². The van der Waals surface area contributed by atoms with Crippen LogP contribution < -0.4 is 15.8 Å². The zero-order chi connectivity index (χ0) is 21.2. The molecule has 2 aromatic carbocycles. The van der Waals surface area contributed by atoms with Crippen molar-refractivity contribution in [1.29, 1.82) is 0 Å². The second-order valence-electron chi connectivity index (χ2n) is 6.81. The molecule has 5 rings (SSSR count). The van der Waals surface area contributed by atoms with Crippen LogP contribution in [0.4, 0.5) is 16.6 Å². The van der Waals surface area contributed by atoms with Crippen molar-refractivity contribution >= 4 is 38.9 Å². The van der Waals surface area contributed by atoms with Crippen molar-refractivity contribution in [2.45, 2.75) is 0 Å². The number of anilines is 3. The van der Waals surface area contributed by atoms with E-state index in [-0.39, 0.29) is 0 Å². The van der Waals surface area contributed by atoms with Crippen LogP contribution in [0.25, 0.3) is 33.5 Å². The topological polar surface area (TPSA) is 98.8 Å². The Kier molecular flexibility index (Phi) is 4.89. The van der Waals surface area contributed by atoms with Gasteiger partial charge < -0.3 is 15.8 Å². The summed E-state index contributed by atoms with van der Waals surface area (Å²) in [6, 6.07) is 17.2. The number of aromatic nitrogens is 4. The lowest BCUT2D eigenvalue weighted by atomic mass is 10.1. The number of thiazole rings is 1. The molecule has 0 unspecified atom stereocenters. The Labute approximate surface area is 182 Å². The monoisotopic (exact) mass is 426 g/mol. The van der Waals surface area contributed by atoms with E-state index in [1.807, 2.05) is 60.0 Å². The third-order valence-electron chi connectivity index (χ3n) is 4.76. The summed E-state index contributed by atoms with van der Waals surface area (Å²) >= 11 is 1.51. The molecule has 0 aliphatic carbocycles. The van der Waals surface area contributed by atoms with E-state index in [0.29, 0.717) is 11.6 Å². The molecule has 0 atom stereocenters. The fraction of sp³-hybridized carbons (Fsp3) is 0.0435. The first-order valence-electron chi connectivity index (χ1n) is 9.54. The van der Waals surface area contributed by atoms with Crippen LogP contribution >= 0.6 is 11.3 Å². The van der Waals surface area contributed by atoms with Gasteiger partial charge in [0.1, 0.15) is 11.6 Å². The highest BCUT2D eigenvalue weighted by Gasteiger charge is 2.13. The van der Waals surface area contributed by atoms with Crippen LogP contribution in [0.2, 0.25) is 0 Å². The summed E-state index contributed by atoms with van der Waals surface area (Å²) in [4.78, 5) is 18.4. The molecule has 0 aliphatic rings. The predicted octanol–water partition coefficient (Wildman–Crippen LogP) is 5.15. The van der Waals surface area contributed by atoms with Crippen molar-refractivity contribution in [2.75, 3.05) is 18.2 Å². The largest absolute Gasteiger partial charge is 0.497 e. The molecule has 3 heterocycles. The van der Waals surface area contributed by atoms with Gasteiger partial charge in [0.2, 0.25) is 0 Å². The van der Waals surface area contributed by atoms with Crippen molar-refractivity contribution in [3.8, 4) is 28.4 Å². The molecule has 31 heavy (non-hydrogen) atoms. The van der Waals surface area contributed by atoms with E-state index in [1.165, 1.54) is 11.3 Å². The van der Waals surface area contributed by atoms with E-state index >= 15 is 0 Å². The second-order valence-corrected chi connectivity index (χ2v) is 7.66. The van der Waals surface area contributed by atoms with Gasteiger partial charge in [0.05, 0.1) is 18.3 Å². The Morgan fingerprint density at radius 2 is 1.84 bits per heavy atom. The number of nitrogens with one attached hydrogen (secondary N) is 1. The highest BCUT2D eigenvalue weighted by molar-refractivity contribution is 7.14. The zero-order valence-corrected chi connectivity index (χ0v) is 17.4. The molecule has 3 aromatic heterocycles. The van der Waals surface area contributed by atoms with E-state index < -0.39 is 0 Å². The second kappa shape index (κ2) is 8.00. The third-order valence-corrected chi connectivity index (χ3v) is 5.52. The summed E-state index contributed by atoms with van der Waals surface area (Å²) in [6.45, 7) is 0. The predicted molar refractivity (Wildman–Crippen MR) is 125 cm³/mol. The Morgan fingerprint density at radius 3 is 2.61 bits per heavy atom. The van der Waals surface area contributed by atoms with E-state index in [9.17, 15) is 0 Å². The minimum absolute atomic E-state index is 0.587. The van der Waals surface area contributed by atoms with Gasteiger partial charge in [-0.2, -0.15) is 0 Å². The molecule has 0 radical (unpaired) electrons. The first-order valence-corrected chi connectivity index (χ1v) is 10.4. The molecule has 3 N–H and O–H groups in total. The third kappa shape index (κ3) is 3.88. The SMILES string of the molecule is COc1ccc2nc(-c3cccnc3)nc(Nc3nc(-c4ccc(N)cc4)cs3)c2c1. The van der Waals surface area contributed by atoms with Crippen molar-refractivity contribution in [1.82, 2.24) is 19.9 Å². The van der Waals surface area contributed by atoms with Crippen LogP contribution in [0.3, 0.4) is 0 Å². The fourth-order valence-electron chi connectivity index (χ4n) is 3.17. The molecule has 0 aliphatic heterocycles. The van der Waals surface area contributed by atoms with Gasteiger partial charge in [0, 0.05) is 40.0 Å². The molecule has 0 fully saturated rings. The molecule has 5 aromatic rings. The average Bonchev–Trinajstić information content (AvgIpc) is 3.28. The first kappa shape index (κ1) is 19.0. The average molecular weight is 427 g/mol. The van der Waals surface area contributed by atoms with Crippen LogP contribution in [0.5, 0.6) is 5.75 Å². The van der Waals surface area contributed by atoms with E-state index in [0.717, 1.165) is 44.3 Å². The number of hydrogen-bond donors (Lipinski definition) is 2. The number of ether oxygens (including phenoxy) is 1. The summed E-state index contributed by atoms with van der Waals surface area (Å²) < 4.78 is 5.40. The number of pyridine rings is 1. The first-order chi connectivity index (χ1) is 15.2. The number of benzene rings is 2. The number of nitrogens with two attached hydrogens (primary N) is 1. The summed E-state index contributed by atoms with van der Waals surface area (Å²) in [5.41, 5.74) is 10.0. The molecule has 0 bridgehead atoms. The Bertz CT molecular complexity index is 1350. The molecule has 0 saturated heterocycles. The lowest BCUT2D eigenvalue weighted by molar-refractivity contribution is 0.415. The van der Waals surface area contributed by atoms with Crippen molar-refractivity contribution in [3.63, 3.8) is 0 Å². The fourth-order valence-corrected chi connectivity index (χ4v) is 3.89. The summed E-state index contributed by atoms with van der Waals surface area (Å²) in [7, 11) is 1.64. The Morgan fingerprint density at radius 1 is 0.968 bits per heavy atom. The number of hydrogen-bond acceptors (Lipinski definition) is 8.